The molecule has 2 aromatic rings. The predicted octanol–water partition coefficient (Wildman–Crippen LogP) is 2.59. The van der Waals surface area contributed by atoms with Gasteiger partial charge in [-0.1, -0.05) is 19.1 Å². The van der Waals surface area contributed by atoms with E-state index in [2.05, 4.69) is 20.1 Å². The molecule has 1 amide bonds. The zero-order chi connectivity index (χ0) is 17.9. The van der Waals surface area contributed by atoms with Crippen molar-refractivity contribution in [3.8, 4) is 11.4 Å². The molecule has 4 rings (SSSR count). The van der Waals surface area contributed by atoms with Crippen molar-refractivity contribution in [3.63, 3.8) is 0 Å². The third kappa shape index (κ3) is 3.65. The maximum Gasteiger partial charge on any atom is 0.253 e. The summed E-state index contributed by atoms with van der Waals surface area (Å²) in [5, 5.41) is 7.16. The Morgan fingerprint density at radius 1 is 1.19 bits per heavy atom. The zero-order valence-corrected chi connectivity index (χ0v) is 15.4. The van der Waals surface area contributed by atoms with Gasteiger partial charge in [-0.2, -0.15) is 5.10 Å². The van der Waals surface area contributed by atoms with Crippen molar-refractivity contribution in [2.24, 2.45) is 5.92 Å². The second kappa shape index (κ2) is 7.58. The van der Waals surface area contributed by atoms with Crippen LogP contribution in [0.25, 0.3) is 11.4 Å². The Balaban J connectivity index is 1.37. The molecule has 0 bridgehead atoms. The monoisotopic (exact) mass is 353 g/mol. The van der Waals surface area contributed by atoms with Crippen molar-refractivity contribution in [1.29, 1.82) is 0 Å². The van der Waals surface area contributed by atoms with Gasteiger partial charge in [0.2, 0.25) is 0 Å². The van der Waals surface area contributed by atoms with Gasteiger partial charge in [0.1, 0.15) is 5.82 Å². The minimum atomic E-state index is 0.143. The van der Waals surface area contributed by atoms with Gasteiger partial charge in [0.05, 0.1) is 0 Å². The number of aromatic amines is 1. The van der Waals surface area contributed by atoms with Gasteiger partial charge in [-0.05, 0) is 50.4 Å². The van der Waals surface area contributed by atoms with Gasteiger partial charge >= 0.3 is 0 Å². The fraction of sp³-hybridized carbons (Fsp3) is 0.550. The predicted molar refractivity (Wildman–Crippen MR) is 101 cm³/mol. The van der Waals surface area contributed by atoms with E-state index in [9.17, 15) is 4.79 Å². The second-order valence-electron chi connectivity index (χ2n) is 7.45. The first-order valence-corrected chi connectivity index (χ1v) is 9.76. The molecule has 138 valence electrons. The van der Waals surface area contributed by atoms with Crippen LogP contribution < -0.4 is 0 Å². The van der Waals surface area contributed by atoms with E-state index in [-0.39, 0.29) is 5.91 Å². The van der Waals surface area contributed by atoms with Gasteiger partial charge in [0.15, 0.2) is 5.82 Å². The molecule has 0 saturated carbocycles. The molecular formula is C20H27N5O. The van der Waals surface area contributed by atoms with E-state index in [0.29, 0.717) is 11.7 Å². The van der Waals surface area contributed by atoms with Crippen molar-refractivity contribution >= 4 is 5.91 Å². The summed E-state index contributed by atoms with van der Waals surface area (Å²) in [7, 11) is 0. The third-order valence-corrected chi connectivity index (χ3v) is 5.54. The zero-order valence-electron chi connectivity index (χ0n) is 15.4. The largest absolute Gasteiger partial charge is 0.338 e. The van der Waals surface area contributed by atoms with Crippen LogP contribution in [0, 0.1) is 5.92 Å². The summed E-state index contributed by atoms with van der Waals surface area (Å²) in [5.74, 6) is 2.33. The van der Waals surface area contributed by atoms with Crippen molar-refractivity contribution in [1.82, 2.24) is 25.0 Å². The lowest BCUT2D eigenvalue weighted by Crippen LogP contribution is -2.32. The third-order valence-electron chi connectivity index (χ3n) is 5.54. The Labute approximate surface area is 154 Å². The number of hydrogen-bond donors (Lipinski definition) is 1. The highest BCUT2D eigenvalue weighted by Crippen LogP contribution is 2.23. The number of aromatic nitrogens is 3. The Kier molecular flexibility index (Phi) is 5.02. The molecule has 3 heterocycles. The lowest BCUT2D eigenvalue weighted by Gasteiger charge is -2.20. The standard InChI is InChI=1S/C20H27N5O/c1-2-18-21-19(23-22-18)16-5-7-17(8-6-16)20(26)25-12-9-15(14-25)13-24-10-3-4-11-24/h5-8,15H,2-4,9-14H2,1H3,(H,21,22,23). The minimum absolute atomic E-state index is 0.143. The van der Waals surface area contributed by atoms with E-state index < -0.39 is 0 Å². The highest BCUT2D eigenvalue weighted by molar-refractivity contribution is 5.94. The molecule has 1 aromatic heterocycles. The SMILES string of the molecule is CCc1nc(-c2ccc(C(=O)N3CCC(CN4CCCC4)C3)cc2)n[nH]1. The molecule has 0 radical (unpaired) electrons. The lowest BCUT2D eigenvalue weighted by molar-refractivity contribution is 0.0784. The van der Waals surface area contributed by atoms with Crippen LogP contribution in [0.1, 0.15) is 42.4 Å². The molecule has 26 heavy (non-hydrogen) atoms. The van der Waals surface area contributed by atoms with Crippen LogP contribution in [0.3, 0.4) is 0 Å². The molecule has 2 saturated heterocycles. The molecule has 1 atom stereocenters. The average molecular weight is 353 g/mol. The number of hydrogen-bond acceptors (Lipinski definition) is 4. The van der Waals surface area contributed by atoms with Crippen LogP contribution in [-0.4, -0.2) is 63.6 Å². The number of nitrogens with zero attached hydrogens (tertiary/aromatic N) is 4. The molecule has 1 unspecified atom stereocenters. The molecule has 2 aliphatic heterocycles. The molecule has 0 spiro atoms. The van der Waals surface area contributed by atoms with Crippen LogP contribution in [0.5, 0.6) is 0 Å². The fourth-order valence-electron chi connectivity index (χ4n) is 4.02. The molecule has 6 nitrogen and oxygen atoms in total. The first-order valence-electron chi connectivity index (χ1n) is 9.76. The van der Waals surface area contributed by atoms with Crippen LogP contribution in [0.15, 0.2) is 24.3 Å². The molecule has 2 fully saturated rings. The quantitative estimate of drug-likeness (QED) is 0.897. The summed E-state index contributed by atoms with van der Waals surface area (Å²) < 4.78 is 0. The van der Waals surface area contributed by atoms with Crippen LogP contribution in [0.4, 0.5) is 0 Å². The molecule has 0 aliphatic carbocycles. The van der Waals surface area contributed by atoms with Crippen LogP contribution >= 0.6 is 0 Å². The highest BCUT2D eigenvalue weighted by Gasteiger charge is 2.28. The normalized spacial score (nSPS) is 20.8. The number of nitrogens with one attached hydrogen (secondary N) is 1. The highest BCUT2D eigenvalue weighted by atomic mass is 16.2. The fourth-order valence-corrected chi connectivity index (χ4v) is 4.02. The number of carbonyl (C=O) groups is 1. The van der Waals surface area contributed by atoms with Gasteiger partial charge in [-0.15, -0.1) is 0 Å². The summed E-state index contributed by atoms with van der Waals surface area (Å²) in [6.07, 6.45) is 4.60. The Hall–Kier alpha value is -2.21. The maximum absolute atomic E-state index is 12.8. The van der Waals surface area contributed by atoms with E-state index >= 15 is 0 Å². The van der Waals surface area contributed by atoms with Crippen molar-refractivity contribution in [3.05, 3.63) is 35.7 Å². The summed E-state index contributed by atoms with van der Waals surface area (Å²) >= 11 is 0. The first kappa shape index (κ1) is 17.2. The number of H-pyrrole nitrogens is 1. The molecule has 1 aromatic carbocycles. The topological polar surface area (TPSA) is 65.1 Å². The van der Waals surface area contributed by atoms with Gasteiger partial charge < -0.3 is 9.80 Å². The summed E-state index contributed by atoms with van der Waals surface area (Å²) in [4.78, 5) is 21.8. The van der Waals surface area contributed by atoms with Crippen molar-refractivity contribution in [2.75, 3.05) is 32.7 Å². The second-order valence-corrected chi connectivity index (χ2v) is 7.45. The number of rotatable bonds is 5. The summed E-state index contributed by atoms with van der Waals surface area (Å²) in [5.41, 5.74) is 1.69. The van der Waals surface area contributed by atoms with Crippen molar-refractivity contribution in [2.45, 2.75) is 32.6 Å². The van der Waals surface area contributed by atoms with Gasteiger partial charge in [0, 0.05) is 37.2 Å². The number of benzene rings is 1. The van der Waals surface area contributed by atoms with E-state index in [1.807, 2.05) is 36.1 Å². The molecule has 1 N–H and O–H groups in total. The first-order chi connectivity index (χ1) is 12.7. The van der Waals surface area contributed by atoms with Crippen molar-refractivity contribution < 1.29 is 4.79 Å². The van der Waals surface area contributed by atoms with Gasteiger partial charge in [0.25, 0.3) is 5.91 Å². The van der Waals surface area contributed by atoms with E-state index in [1.54, 1.807) is 0 Å². The molecule has 2 aliphatic rings. The number of aryl methyl sites for hydroxylation is 1. The van der Waals surface area contributed by atoms with Gasteiger partial charge in [-0.25, -0.2) is 4.98 Å². The smallest absolute Gasteiger partial charge is 0.253 e. The van der Waals surface area contributed by atoms with Crippen LogP contribution in [-0.2, 0) is 6.42 Å². The Bertz CT molecular complexity index is 748. The van der Waals surface area contributed by atoms with E-state index in [0.717, 1.165) is 49.4 Å². The summed E-state index contributed by atoms with van der Waals surface area (Å²) in [6.45, 7) is 7.41. The maximum atomic E-state index is 12.8. The number of likely N-dealkylation sites (tertiary alicyclic amines) is 2. The number of amides is 1. The average Bonchev–Trinajstić information content (AvgIpc) is 3.43. The minimum Gasteiger partial charge on any atom is -0.338 e. The Morgan fingerprint density at radius 3 is 2.65 bits per heavy atom. The van der Waals surface area contributed by atoms with Crippen LogP contribution in [0.2, 0.25) is 0 Å². The summed E-state index contributed by atoms with van der Waals surface area (Å²) in [6, 6.07) is 7.67. The van der Waals surface area contributed by atoms with Gasteiger partial charge in [-0.3, -0.25) is 9.89 Å². The number of carbonyl (C=O) groups excluding carboxylic acids is 1. The van der Waals surface area contributed by atoms with E-state index in [4.69, 9.17) is 0 Å². The lowest BCUT2D eigenvalue weighted by atomic mass is 10.1. The molecule has 6 heteroatoms. The Morgan fingerprint density at radius 2 is 1.96 bits per heavy atom. The molecular weight excluding hydrogens is 326 g/mol. The van der Waals surface area contributed by atoms with E-state index in [1.165, 1.54) is 25.9 Å².